The van der Waals surface area contributed by atoms with Gasteiger partial charge in [0.15, 0.2) is 9.84 Å². The highest BCUT2D eigenvalue weighted by Crippen LogP contribution is 2.40. The normalized spacial score (nSPS) is 24.8. The summed E-state index contributed by atoms with van der Waals surface area (Å²) in [6.07, 6.45) is 3.31. The number of fused-ring (bicyclic) bond motifs is 2. The minimum Gasteiger partial charge on any atom is -0.336 e. The van der Waals surface area contributed by atoms with E-state index in [1.807, 2.05) is 42.2 Å². The van der Waals surface area contributed by atoms with Crippen molar-refractivity contribution in [1.29, 1.82) is 0 Å². The number of carbonyl (C=O) groups excluding carboxylic acids is 1. The zero-order valence-electron chi connectivity index (χ0n) is 15.5. The summed E-state index contributed by atoms with van der Waals surface area (Å²) in [5.41, 5.74) is 2.18. The lowest BCUT2D eigenvalue weighted by Crippen LogP contribution is -2.50. The van der Waals surface area contributed by atoms with Crippen LogP contribution >= 0.6 is 0 Å². The number of hydrogen-bond donors (Lipinski definition) is 0. The SMILES string of the molecule is Cc1cccc(CC(=O)N2C3CCC2CC(S(=O)(=O)c2ccccc2)C3)c1. The fourth-order valence-electron chi connectivity index (χ4n) is 4.68. The van der Waals surface area contributed by atoms with Gasteiger partial charge in [-0.1, -0.05) is 48.0 Å². The Morgan fingerprint density at radius 1 is 1.00 bits per heavy atom. The first-order valence-corrected chi connectivity index (χ1v) is 11.2. The maximum atomic E-state index is 13.0. The summed E-state index contributed by atoms with van der Waals surface area (Å²) in [5.74, 6) is 0.128. The summed E-state index contributed by atoms with van der Waals surface area (Å²) < 4.78 is 26.0. The van der Waals surface area contributed by atoms with E-state index in [9.17, 15) is 13.2 Å². The Balaban J connectivity index is 1.50. The second kappa shape index (κ2) is 7.12. The molecule has 2 fully saturated rings. The molecule has 2 saturated heterocycles. The van der Waals surface area contributed by atoms with Crippen molar-refractivity contribution < 1.29 is 13.2 Å². The van der Waals surface area contributed by atoms with Crippen LogP contribution < -0.4 is 0 Å². The summed E-state index contributed by atoms with van der Waals surface area (Å²) in [6.45, 7) is 2.03. The molecule has 2 aromatic rings. The van der Waals surface area contributed by atoms with Crippen molar-refractivity contribution >= 4 is 15.7 Å². The molecule has 5 heteroatoms. The predicted octanol–water partition coefficient (Wildman–Crippen LogP) is 3.53. The largest absolute Gasteiger partial charge is 0.336 e. The van der Waals surface area contributed by atoms with Crippen molar-refractivity contribution in [3.8, 4) is 0 Å². The Morgan fingerprint density at radius 3 is 2.30 bits per heavy atom. The van der Waals surface area contributed by atoms with E-state index >= 15 is 0 Å². The van der Waals surface area contributed by atoms with Gasteiger partial charge in [0, 0.05) is 12.1 Å². The van der Waals surface area contributed by atoms with Crippen LogP contribution in [0.3, 0.4) is 0 Å². The summed E-state index contributed by atoms with van der Waals surface area (Å²) in [7, 11) is -3.34. The predicted molar refractivity (Wildman–Crippen MR) is 105 cm³/mol. The minimum atomic E-state index is -3.34. The van der Waals surface area contributed by atoms with Crippen molar-refractivity contribution in [2.45, 2.75) is 61.3 Å². The van der Waals surface area contributed by atoms with Crippen molar-refractivity contribution in [3.05, 3.63) is 65.7 Å². The third-order valence-electron chi connectivity index (χ3n) is 5.93. The van der Waals surface area contributed by atoms with Crippen molar-refractivity contribution in [1.82, 2.24) is 4.90 Å². The second-order valence-electron chi connectivity index (χ2n) is 7.80. The molecule has 2 heterocycles. The summed E-state index contributed by atoms with van der Waals surface area (Å²) in [5, 5.41) is -0.389. The Bertz CT molecular complexity index is 925. The van der Waals surface area contributed by atoms with Crippen molar-refractivity contribution in [2.75, 3.05) is 0 Å². The number of sulfone groups is 1. The molecule has 2 unspecified atom stereocenters. The fraction of sp³-hybridized carbons (Fsp3) is 0.409. The number of piperidine rings is 1. The van der Waals surface area contributed by atoms with E-state index in [0.29, 0.717) is 24.2 Å². The summed E-state index contributed by atoms with van der Waals surface area (Å²) >= 11 is 0. The molecule has 2 bridgehead atoms. The van der Waals surface area contributed by atoms with E-state index < -0.39 is 9.84 Å². The van der Waals surface area contributed by atoms with Crippen molar-refractivity contribution in [2.24, 2.45) is 0 Å². The van der Waals surface area contributed by atoms with Gasteiger partial charge in [0.1, 0.15) is 0 Å². The van der Waals surface area contributed by atoms with Gasteiger partial charge in [-0.3, -0.25) is 4.79 Å². The molecular weight excluding hydrogens is 358 g/mol. The van der Waals surface area contributed by atoms with Gasteiger partial charge in [-0.15, -0.1) is 0 Å². The monoisotopic (exact) mass is 383 g/mol. The van der Waals surface area contributed by atoms with Crippen LogP contribution in [-0.2, 0) is 21.1 Å². The maximum Gasteiger partial charge on any atom is 0.227 e. The molecule has 142 valence electrons. The zero-order chi connectivity index (χ0) is 19.0. The van der Waals surface area contributed by atoms with Gasteiger partial charge in [-0.25, -0.2) is 8.42 Å². The fourth-order valence-corrected chi connectivity index (χ4v) is 6.55. The van der Waals surface area contributed by atoms with Gasteiger partial charge in [-0.2, -0.15) is 0 Å². The van der Waals surface area contributed by atoms with Crippen LogP contribution in [0.25, 0.3) is 0 Å². The summed E-state index contributed by atoms with van der Waals surface area (Å²) in [4.78, 5) is 15.3. The molecule has 2 aliphatic heterocycles. The van der Waals surface area contributed by atoms with Crippen LogP contribution in [0.2, 0.25) is 0 Å². The molecule has 4 nitrogen and oxygen atoms in total. The van der Waals surface area contributed by atoms with Gasteiger partial charge in [-0.05, 0) is 50.3 Å². The lowest BCUT2D eigenvalue weighted by atomic mass is 10.0. The van der Waals surface area contributed by atoms with Crippen molar-refractivity contribution in [3.63, 3.8) is 0 Å². The van der Waals surface area contributed by atoms with E-state index in [4.69, 9.17) is 0 Å². The lowest BCUT2D eigenvalue weighted by Gasteiger charge is -2.38. The topological polar surface area (TPSA) is 54.5 Å². The van der Waals surface area contributed by atoms with E-state index in [0.717, 1.165) is 24.0 Å². The van der Waals surface area contributed by atoms with Crippen LogP contribution in [0.4, 0.5) is 0 Å². The van der Waals surface area contributed by atoms with E-state index in [1.54, 1.807) is 24.3 Å². The first kappa shape index (κ1) is 18.2. The Labute approximate surface area is 161 Å². The maximum absolute atomic E-state index is 13.0. The van der Waals surface area contributed by atoms with Crippen LogP contribution in [0, 0.1) is 6.92 Å². The first-order chi connectivity index (χ1) is 12.9. The molecule has 2 aromatic carbocycles. The molecule has 0 spiro atoms. The zero-order valence-corrected chi connectivity index (χ0v) is 16.4. The Morgan fingerprint density at radius 2 is 1.67 bits per heavy atom. The molecule has 4 rings (SSSR count). The second-order valence-corrected chi connectivity index (χ2v) is 10.0. The molecule has 2 atom stereocenters. The third-order valence-corrected chi connectivity index (χ3v) is 8.12. The first-order valence-electron chi connectivity index (χ1n) is 9.61. The molecule has 0 aromatic heterocycles. The summed E-state index contributed by atoms with van der Waals surface area (Å²) in [6, 6.07) is 16.8. The van der Waals surface area contributed by atoms with Gasteiger partial charge in [0.25, 0.3) is 0 Å². The Hall–Kier alpha value is -2.14. The lowest BCUT2D eigenvalue weighted by molar-refractivity contribution is -0.134. The third kappa shape index (κ3) is 3.53. The van der Waals surface area contributed by atoms with Gasteiger partial charge < -0.3 is 4.90 Å². The molecule has 0 radical (unpaired) electrons. The molecule has 0 saturated carbocycles. The molecule has 27 heavy (non-hydrogen) atoms. The number of nitrogens with zero attached hydrogens (tertiary/aromatic N) is 1. The highest BCUT2D eigenvalue weighted by molar-refractivity contribution is 7.92. The minimum absolute atomic E-state index is 0.0459. The van der Waals surface area contributed by atoms with Gasteiger partial charge >= 0.3 is 0 Å². The van der Waals surface area contributed by atoms with E-state index in [-0.39, 0.29) is 23.2 Å². The van der Waals surface area contributed by atoms with Gasteiger partial charge in [0.2, 0.25) is 5.91 Å². The average molecular weight is 384 g/mol. The number of amides is 1. The number of hydrogen-bond acceptors (Lipinski definition) is 3. The van der Waals surface area contributed by atoms with Crippen LogP contribution in [-0.4, -0.2) is 36.6 Å². The number of aryl methyl sites for hydroxylation is 1. The molecular formula is C22H25NO3S. The van der Waals surface area contributed by atoms with Gasteiger partial charge in [0.05, 0.1) is 16.6 Å². The smallest absolute Gasteiger partial charge is 0.227 e. The average Bonchev–Trinajstić information content (AvgIpc) is 2.92. The van der Waals surface area contributed by atoms with Crippen LogP contribution in [0.5, 0.6) is 0 Å². The van der Waals surface area contributed by atoms with E-state index in [1.165, 1.54) is 0 Å². The number of carbonyl (C=O) groups is 1. The molecule has 0 N–H and O–H groups in total. The van der Waals surface area contributed by atoms with Crippen LogP contribution in [0.15, 0.2) is 59.5 Å². The standard InChI is InChI=1S/C22H25NO3S/c1-16-6-5-7-17(12-16)13-22(24)23-18-10-11-19(23)15-21(14-18)27(25,26)20-8-3-2-4-9-20/h2-9,12,18-19,21H,10-11,13-15H2,1H3. The number of rotatable bonds is 4. The molecule has 1 amide bonds. The molecule has 0 aliphatic carbocycles. The number of benzene rings is 2. The quantitative estimate of drug-likeness (QED) is 0.812. The molecule has 2 aliphatic rings. The van der Waals surface area contributed by atoms with Crippen LogP contribution in [0.1, 0.15) is 36.8 Å². The highest BCUT2D eigenvalue weighted by atomic mass is 32.2. The Kier molecular flexibility index (Phi) is 4.81. The highest BCUT2D eigenvalue weighted by Gasteiger charge is 2.46. The van der Waals surface area contributed by atoms with E-state index in [2.05, 4.69) is 0 Å².